The molecule has 0 saturated heterocycles. The molecule has 7 nitrogen and oxygen atoms in total. The third-order valence-corrected chi connectivity index (χ3v) is 3.02. The standard InChI is InChI=1S/C10H18N4O3/c1-7(15)12-5-6-13-9(16)10(3-2-4-10)8(11)14-17/h17H,2-6H2,1H3,(H2,11,14)(H,12,15)(H,13,16). The molecule has 1 fully saturated rings. The van der Waals surface area contributed by atoms with Gasteiger partial charge in [-0.2, -0.15) is 0 Å². The molecule has 0 aromatic heterocycles. The average molecular weight is 242 g/mol. The zero-order valence-electron chi connectivity index (χ0n) is 9.82. The Labute approximate surface area is 99.4 Å². The smallest absolute Gasteiger partial charge is 0.234 e. The first-order chi connectivity index (χ1) is 8.03. The van der Waals surface area contributed by atoms with E-state index in [0.717, 1.165) is 6.42 Å². The summed E-state index contributed by atoms with van der Waals surface area (Å²) in [6.07, 6.45) is 2.07. The van der Waals surface area contributed by atoms with Crippen LogP contribution in [0.15, 0.2) is 5.16 Å². The fraction of sp³-hybridized carbons (Fsp3) is 0.700. The van der Waals surface area contributed by atoms with Gasteiger partial charge in [-0.1, -0.05) is 11.6 Å². The van der Waals surface area contributed by atoms with Gasteiger partial charge in [0.25, 0.3) is 0 Å². The highest BCUT2D eigenvalue weighted by Gasteiger charge is 2.48. The van der Waals surface area contributed by atoms with Gasteiger partial charge >= 0.3 is 0 Å². The van der Waals surface area contributed by atoms with E-state index in [2.05, 4.69) is 15.8 Å². The summed E-state index contributed by atoms with van der Waals surface area (Å²) in [5.41, 5.74) is 4.68. The minimum Gasteiger partial charge on any atom is -0.409 e. The van der Waals surface area contributed by atoms with Gasteiger partial charge in [-0.05, 0) is 12.8 Å². The molecule has 7 heteroatoms. The van der Waals surface area contributed by atoms with Crippen molar-refractivity contribution >= 4 is 17.6 Å². The van der Waals surface area contributed by atoms with E-state index in [1.807, 2.05) is 0 Å². The summed E-state index contributed by atoms with van der Waals surface area (Å²) in [5, 5.41) is 16.8. The lowest BCUT2D eigenvalue weighted by atomic mass is 9.67. The fourth-order valence-corrected chi connectivity index (χ4v) is 1.81. The summed E-state index contributed by atoms with van der Waals surface area (Å²) >= 11 is 0. The van der Waals surface area contributed by atoms with Crippen LogP contribution in [-0.4, -0.2) is 35.9 Å². The van der Waals surface area contributed by atoms with E-state index in [1.165, 1.54) is 6.92 Å². The van der Waals surface area contributed by atoms with Crippen LogP contribution in [0.25, 0.3) is 0 Å². The highest BCUT2D eigenvalue weighted by Crippen LogP contribution is 2.41. The first-order valence-corrected chi connectivity index (χ1v) is 5.53. The van der Waals surface area contributed by atoms with Crippen molar-refractivity contribution < 1.29 is 14.8 Å². The van der Waals surface area contributed by atoms with Crippen molar-refractivity contribution in [2.45, 2.75) is 26.2 Å². The van der Waals surface area contributed by atoms with E-state index in [-0.39, 0.29) is 17.6 Å². The van der Waals surface area contributed by atoms with Gasteiger partial charge in [-0.15, -0.1) is 0 Å². The van der Waals surface area contributed by atoms with Crippen molar-refractivity contribution in [1.82, 2.24) is 10.6 Å². The van der Waals surface area contributed by atoms with Gasteiger partial charge in [0.15, 0.2) is 5.84 Å². The van der Waals surface area contributed by atoms with E-state index in [9.17, 15) is 9.59 Å². The van der Waals surface area contributed by atoms with Crippen LogP contribution in [0.2, 0.25) is 0 Å². The number of amidine groups is 1. The van der Waals surface area contributed by atoms with Crippen LogP contribution in [0, 0.1) is 5.41 Å². The third-order valence-electron chi connectivity index (χ3n) is 3.02. The predicted molar refractivity (Wildman–Crippen MR) is 61.4 cm³/mol. The van der Waals surface area contributed by atoms with Gasteiger partial charge in [0, 0.05) is 20.0 Å². The SMILES string of the molecule is CC(=O)NCCNC(=O)C1(C(N)=NO)CCC1. The first kappa shape index (κ1) is 13.3. The predicted octanol–water partition coefficient (Wildman–Crippen LogP) is -0.845. The zero-order chi connectivity index (χ0) is 12.9. The van der Waals surface area contributed by atoms with Gasteiger partial charge in [0.1, 0.15) is 5.41 Å². The molecule has 2 amide bonds. The normalized spacial score (nSPS) is 18.1. The molecule has 0 aliphatic heterocycles. The number of rotatable bonds is 5. The number of hydrogen-bond donors (Lipinski definition) is 4. The van der Waals surface area contributed by atoms with Crippen LogP contribution in [-0.2, 0) is 9.59 Å². The molecule has 1 aliphatic rings. The fourth-order valence-electron chi connectivity index (χ4n) is 1.81. The second-order valence-corrected chi connectivity index (χ2v) is 4.16. The Bertz CT molecular complexity index is 336. The highest BCUT2D eigenvalue weighted by molar-refractivity contribution is 6.07. The van der Waals surface area contributed by atoms with Crippen molar-refractivity contribution in [3.63, 3.8) is 0 Å². The van der Waals surface area contributed by atoms with E-state index < -0.39 is 5.41 Å². The molecule has 0 aromatic rings. The topological polar surface area (TPSA) is 117 Å². The second-order valence-electron chi connectivity index (χ2n) is 4.16. The van der Waals surface area contributed by atoms with Gasteiger partial charge in [0.05, 0.1) is 0 Å². The van der Waals surface area contributed by atoms with Crippen LogP contribution in [0.1, 0.15) is 26.2 Å². The van der Waals surface area contributed by atoms with Crippen LogP contribution in [0.3, 0.4) is 0 Å². The molecule has 0 unspecified atom stereocenters. The molecule has 1 rings (SSSR count). The number of amides is 2. The van der Waals surface area contributed by atoms with Crippen molar-refractivity contribution in [1.29, 1.82) is 0 Å². The van der Waals surface area contributed by atoms with Gasteiger partial charge in [-0.3, -0.25) is 9.59 Å². The average Bonchev–Trinajstić information content (AvgIpc) is 2.22. The monoisotopic (exact) mass is 242 g/mol. The Kier molecular flexibility index (Phi) is 4.30. The lowest BCUT2D eigenvalue weighted by molar-refractivity contribution is -0.131. The molecule has 1 aliphatic carbocycles. The summed E-state index contributed by atoms with van der Waals surface area (Å²) in [6.45, 7) is 2.11. The highest BCUT2D eigenvalue weighted by atomic mass is 16.4. The van der Waals surface area contributed by atoms with Crippen LogP contribution in [0.4, 0.5) is 0 Å². The van der Waals surface area contributed by atoms with E-state index in [1.54, 1.807) is 0 Å². The van der Waals surface area contributed by atoms with Crippen LogP contribution < -0.4 is 16.4 Å². The maximum absolute atomic E-state index is 11.9. The maximum atomic E-state index is 11.9. The second kappa shape index (κ2) is 5.51. The quantitative estimate of drug-likeness (QED) is 0.165. The molecule has 0 aromatic carbocycles. The van der Waals surface area contributed by atoms with E-state index in [4.69, 9.17) is 10.9 Å². The number of oxime groups is 1. The molecule has 0 spiro atoms. The number of nitrogens with zero attached hydrogens (tertiary/aromatic N) is 1. The molecular formula is C10H18N4O3. The number of nitrogens with one attached hydrogen (secondary N) is 2. The summed E-state index contributed by atoms with van der Waals surface area (Å²) in [4.78, 5) is 22.5. The molecule has 5 N–H and O–H groups in total. The number of hydrogen-bond acceptors (Lipinski definition) is 4. The van der Waals surface area contributed by atoms with E-state index in [0.29, 0.717) is 25.9 Å². The van der Waals surface area contributed by atoms with Gasteiger partial charge < -0.3 is 21.6 Å². The Morgan fingerprint density at radius 1 is 1.35 bits per heavy atom. The summed E-state index contributed by atoms with van der Waals surface area (Å²) in [7, 11) is 0. The molecular weight excluding hydrogens is 224 g/mol. The maximum Gasteiger partial charge on any atom is 0.234 e. The lowest BCUT2D eigenvalue weighted by Gasteiger charge is -2.38. The summed E-state index contributed by atoms with van der Waals surface area (Å²) in [6, 6.07) is 0. The van der Waals surface area contributed by atoms with Gasteiger partial charge in [0.2, 0.25) is 11.8 Å². The lowest BCUT2D eigenvalue weighted by Crippen LogP contribution is -2.54. The number of carbonyl (C=O) groups excluding carboxylic acids is 2. The minimum absolute atomic E-state index is 0.0409. The number of nitrogens with two attached hydrogens (primary N) is 1. The Hall–Kier alpha value is -1.79. The molecule has 17 heavy (non-hydrogen) atoms. The van der Waals surface area contributed by atoms with Crippen LogP contribution in [0.5, 0.6) is 0 Å². The molecule has 0 radical (unpaired) electrons. The molecule has 1 saturated carbocycles. The Balaban J connectivity index is 2.43. The first-order valence-electron chi connectivity index (χ1n) is 5.53. The van der Waals surface area contributed by atoms with E-state index >= 15 is 0 Å². The molecule has 0 heterocycles. The van der Waals surface area contributed by atoms with Crippen molar-refractivity contribution in [3.05, 3.63) is 0 Å². The van der Waals surface area contributed by atoms with Crippen molar-refractivity contribution in [3.8, 4) is 0 Å². The van der Waals surface area contributed by atoms with Crippen molar-refractivity contribution in [2.75, 3.05) is 13.1 Å². The Morgan fingerprint density at radius 2 is 1.94 bits per heavy atom. The van der Waals surface area contributed by atoms with Gasteiger partial charge in [-0.25, -0.2) is 0 Å². The van der Waals surface area contributed by atoms with Crippen molar-refractivity contribution in [2.24, 2.45) is 16.3 Å². The summed E-state index contributed by atoms with van der Waals surface area (Å²) in [5.74, 6) is -0.431. The molecule has 96 valence electrons. The Morgan fingerprint density at radius 3 is 2.35 bits per heavy atom. The molecule has 0 atom stereocenters. The minimum atomic E-state index is -0.856. The third kappa shape index (κ3) is 2.86. The van der Waals surface area contributed by atoms with Crippen LogP contribution >= 0.6 is 0 Å². The largest absolute Gasteiger partial charge is 0.409 e. The summed E-state index contributed by atoms with van der Waals surface area (Å²) < 4.78 is 0. The number of carbonyl (C=O) groups is 2. The zero-order valence-corrected chi connectivity index (χ0v) is 9.82. The molecule has 0 bridgehead atoms.